The molecule has 0 aliphatic heterocycles. The SMILES string of the molecule is CN(C)CCCNC(=O)c1sc2cccnc2c1N. The number of rotatable bonds is 5. The number of carbonyl (C=O) groups is 1. The van der Waals surface area contributed by atoms with Gasteiger partial charge in [-0.05, 0) is 39.2 Å². The molecular weight excluding hydrogens is 260 g/mol. The van der Waals surface area contributed by atoms with Crippen molar-refractivity contribution in [1.29, 1.82) is 0 Å². The maximum atomic E-state index is 12.1. The van der Waals surface area contributed by atoms with Crippen molar-refractivity contribution in [3.8, 4) is 0 Å². The lowest BCUT2D eigenvalue weighted by Gasteiger charge is -2.09. The number of hydrogen-bond acceptors (Lipinski definition) is 5. The molecule has 5 nitrogen and oxygen atoms in total. The van der Waals surface area contributed by atoms with E-state index >= 15 is 0 Å². The molecule has 2 aromatic rings. The molecule has 1 amide bonds. The van der Waals surface area contributed by atoms with Crippen molar-refractivity contribution >= 4 is 33.1 Å². The summed E-state index contributed by atoms with van der Waals surface area (Å²) in [6, 6.07) is 3.77. The van der Waals surface area contributed by atoms with Crippen molar-refractivity contribution in [2.24, 2.45) is 0 Å². The van der Waals surface area contributed by atoms with E-state index in [0.29, 0.717) is 22.6 Å². The van der Waals surface area contributed by atoms with Gasteiger partial charge in [0.15, 0.2) is 0 Å². The Bertz CT molecular complexity index is 579. The number of thiophene rings is 1. The Morgan fingerprint density at radius 1 is 1.53 bits per heavy atom. The lowest BCUT2D eigenvalue weighted by molar-refractivity contribution is 0.0957. The first-order valence-corrected chi connectivity index (χ1v) is 6.97. The number of fused-ring (bicyclic) bond motifs is 1. The van der Waals surface area contributed by atoms with Crippen molar-refractivity contribution in [3.63, 3.8) is 0 Å². The molecule has 0 aliphatic carbocycles. The third kappa shape index (κ3) is 3.21. The second kappa shape index (κ2) is 5.99. The van der Waals surface area contributed by atoms with Gasteiger partial charge in [0, 0.05) is 12.7 Å². The number of anilines is 1. The fourth-order valence-electron chi connectivity index (χ4n) is 1.79. The number of nitrogens with two attached hydrogens (primary N) is 1. The maximum absolute atomic E-state index is 12.1. The normalized spacial score (nSPS) is 11.1. The summed E-state index contributed by atoms with van der Waals surface area (Å²) in [4.78, 5) is 18.9. The Morgan fingerprint density at radius 2 is 2.32 bits per heavy atom. The Hall–Kier alpha value is -1.66. The van der Waals surface area contributed by atoms with Crippen molar-refractivity contribution in [3.05, 3.63) is 23.2 Å². The van der Waals surface area contributed by atoms with E-state index in [0.717, 1.165) is 17.7 Å². The first-order chi connectivity index (χ1) is 9.09. The van der Waals surface area contributed by atoms with Gasteiger partial charge in [-0.25, -0.2) is 0 Å². The highest BCUT2D eigenvalue weighted by Gasteiger charge is 2.16. The van der Waals surface area contributed by atoms with E-state index in [4.69, 9.17) is 5.73 Å². The number of amides is 1. The van der Waals surface area contributed by atoms with E-state index in [1.54, 1.807) is 6.20 Å². The average molecular weight is 278 g/mol. The van der Waals surface area contributed by atoms with E-state index < -0.39 is 0 Å². The second-order valence-electron chi connectivity index (χ2n) is 4.61. The second-order valence-corrected chi connectivity index (χ2v) is 5.66. The summed E-state index contributed by atoms with van der Waals surface area (Å²) in [7, 11) is 4.02. The predicted octanol–water partition coefficient (Wildman–Crippen LogP) is 1.56. The highest BCUT2D eigenvalue weighted by atomic mass is 32.1. The Balaban J connectivity index is 2.03. The van der Waals surface area contributed by atoms with Gasteiger partial charge in [-0.2, -0.15) is 0 Å². The molecular formula is C13H18N4OS. The van der Waals surface area contributed by atoms with Gasteiger partial charge in [0.1, 0.15) is 10.4 Å². The molecule has 0 radical (unpaired) electrons. The summed E-state index contributed by atoms with van der Waals surface area (Å²) in [5.41, 5.74) is 7.16. The van der Waals surface area contributed by atoms with Crippen LogP contribution >= 0.6 is 11.3 Å². The van der Waals surface area contributed by atoms with Crippen LogP contribution in [-0.2, 0) is 0 Å². The Labute approximate surface area is 116 Å². The molecule has 19 heavy (non-hydrogen) atoms. The zero-order chi connectivity index (χ0) is 13.8. The Morgan fingerprint density at radius 3 is 3.00 bits per heavy atom. The molecule has 0 unspecified atom stereocenters. The van der Waals surface area contributed by atoms with Crippen molar-refractivity contribution in [1.82, 2.24) is 15.2 Å². The summed E-state index contributed by atoms with van der Waals surface area (Å²) >= 11 is 1.39. The van der Waals surface area contributed by atoms with Gasteiger partial charge >= 0.3 is 0 Å². The lowest BCUT2D eigenvalue weighted by Crippen LogP contribution is -2.27. The summed E-state index contributed by atoms with van der Waals surface area (Å²) in [5, 5.41) is 2.89. The monoisotopic (exact) mass is 278 g/mol. The van der Waals surface area contributed by atoms with E-state index in [1.807, 2.05) is 26.2 Å². The van der Waals surface area contributed by atoms with Crippen molar-refractivity contribution in [2.75, 3.05) is 32.9 Å². The van der Waals surface area contributed by atoms with Gasteiger partial charge in [-0.15, -0.1) is 11.3 Å². The van der Waals surface area contributed by atoms with Crippen LogP contribution in [-0.4, -0.2) is 43.0 Å². The maximum Gasteiger partial charge on any atom is 0.263 e. The number of nitrogens with one attached hydrogen (secondary N) is 1. The van der Waals surface area contributed by atoms with Gasteiger partial charge in [-0.1, -0.05) is 0 Å². The fourth-order valence-corrected chi connectivity index (χ4v) is 2.79. The minimum atomic E-state index is -0.112. The number of carbonyl (C=O) groups excluding carboxylic acids is 1. The smallest absolute Gasteiger partial charge is 0.263 e. The topological polar surface area (TPSA) is 71.2 Å². The number of aromatic nitrogens is 1. The predicted molar refractivity (Wildman–Crippen MR) is 79.5 cm³/mol. The van der Waals surface area contributed by atoms with Gasteiger partial charge < -0.3 is 16.0 Å². The van der Waals surface area contributed by atoms with Crippen LogP contribution < -0.4 is 11.1 Å². The van der Waals surface area contributed by atoms with E-state index in [2.05, 4.69) is 15.2 Å². The summed E-state index contributed by atoms with van der Waals surface area (Å²) in [5.74, 6) is -0.112. The van der Waals surface area contributed by atoms with Crippen LogP contribution in [0, 0.1) is 0 Å². The number of nitrogen functional groups attached to an aromatic ring is 1. The molecule has 2 rings (SSSR count). The van der Waals surface area contributed by atoms with Crippen LogP contribution in [0.2, 0.25) is 0 Å². The fraction of sp³-hybridized carbons (Fsp3) is 0.385. The van der Waals surface area contributed by atoms with E-state index in [1.165, 1.54) is 11.3 Å². The average Bonchev–Trinajstić information content (AvgIpc) is 2.72. The largest absolute Gasteiger partial charge is 0.396 e. The van der Waals surface area contributed by atoms with Crippen molar-refractivity contribution < 1.29 is 4.79 Å². The lowest BCUT2D eigenvalue weighted by atomic mass is 10.3. The molecule has 102 valence electrons. The zero-order valence-corrected chi connectivity index (χ0v) is 12.0. The molecule has 0 aliphatic rings. The van der Waals surface area contributed by atoms with Gasteiger partial charge in [0.05, 0.1) is 10.4 Å². The minimum Gasteiger partial charge on any atom is -0.396 e. The summed E-state index contributed by atoms with van der Waals surface area (Å²) < 4.78 is 0.943. The third-order valence-electron chi connectivity index (χ3n) is 2.76. The van der Waals surface area contributed by atoms with Crippen LogP contribution in [0.1, 0.15) is 16.1 Å². The molecule has 3 N–H and O–H groups in total. The first-order valence-electron chi connectivity index (χ1n) is 6.15. The van der Waals surface area contributed by atoms with Crippen LogP contribution in [0.5, 0.6) is 0 Å². The van der Waals surface area contributed by atoms with Crippen LogP contribution in [0.3, 0.4) is 0 Å². The Kier molecular flexibility index (Phi) is 4.34. The first kappa shape index (κ1) is 13.8. The van der Waals surface area contributed by atoms with Gasteiger partial charge in [0.2, 0.25) is 0 Å². The zero-order valence-electron chi connectivity index (χ0n) is 11.1. The molecule has 2 heterocycles. The number of nitrogens with zero attached hydrogens (tertiary/aromatic N) is 2. The molecule has 0 saturated heterocycles. The van der Waals surface area contributed by atoms with Crippen molar-refractivity contribution in [2.45, 2.75) is 6.42 Å². The number of pyridine rings is 1. The molecule has 0 atom stereocenters. The molecule has 6 heteroatoms. The van der Waals surface area contributed by atoms with Gasteiger partial charge in [-0.3, -0.25) is 9.78 Å². The van der Waals surface area contributed by atoms with Crippen LogP contribution in [0.25, 0.3) is 10.2 Å². The summed E-state index contributed by atoms with van der Waals surface area (Å²) in [6.45, 7) is 1.60. The van der Waals surface area contributed by atoms with Crippen LogP contribution in [0.15, 0.2) is 18.3 Å². The molecule has 0 fully saturated rings. The molecule has 0 aromatic carbocycles. The summed E-state index contributed by atoms with van der Waals surface area (Å²) in [6.07, 6.45) is 2.60. The quantitative estimate of drug-likeness (QED) is 0.814. The molecule has 0 spiro atoms. The molecule has 0 saturated carbocycles. The standard InChI is InChI=1S/C13H18N4OS/c1-17(2)8-4-7-16-13(18)12-10(14)11-9(19-12)5-3-6-15-11/h3,5-6H,4,7-8,14H2,1-2H3,(H,16,18). The molecule has 0 bridgehead atoms. The van der Waals surface area contributed by atoms with E-state index in [9.17, 15) is 4.79 Å². The van der Waals surface area contributed by atoms with E-state index in [-0.39, 0.29) is 5.91 Å². The highest BCUT2D eigenvalue weighted by molar-refractivity contribution is 7.21. The van der Waals surface area contributed by atoms with Crippen LogP contribution in [0.4, 0.5) is 5.69 Å². The highest BCUT2D eigenvalue weighted by Crippen LogP contribution is 2.31. The number of hydrogen-bond donors (Lipinski definition) is 2. The van der Waals surface area contributed by atoms with Gasteiger partial charge in [0.25, 0.3) is 5.91 Å². The third-order valence-corrected chi connectivity index (χ3v) is 3.92. The minimum absolute atomic E-state index is 0.112. The molecule has 2 aromatic heterocycles.